The summed E-state index contributed by atoms with van der Waals surface area (Å²) in [4.78, 5) is 18.1. The number of aromatic nitrogens is 1. The highest BCUT2D eigenvalue weighted by Crippen LogP contribution is 2.30. The molecule has 1 atom stereocenters. The number of carbonyl (C=O) groups excluding carboxylic acids is 1. The monoisotopic (exact) mass is 385 g/mol. The Morgan fingerprint density at radius 3 is 2.28 bits per heavy atom. The van der Waals surface area contributed by atoms with E-state index in [0.717, 1.165) is 43.3 Å². The summed E-state index contributed by atoms with van der Waals surface area (Å²) in [6.07, 6.45) is 7.57. The van der Waals surface area contributed by atoms with E-state index in [1.807, 2.05) is 48.8 Å². The van der Waals surface area contributed by atoms with Gasteiger partial charge in [-0.2, -0.15) is 0 Å². The minimum Gasteiger partial charge on any atom is -0.333 e. The topological polar surface area (TPSA) is 28.5 Å². The molecule has 5 rings (SSSR count). The Balaban J connectivity index is 1.35. The summed E-state index contributed by atoms with van der Waals surface area (Å²) in [5.41, 5.74) is 3.15. The van der Waals surface area contributed by atoms with E-state index in [1.165, 1.54) is 18.4 Å². The van der Waals surface area contributed by atoms with Gasteiger partial charge < -0.3 is 9.47 Å². The molecule has 0 radical (unpaired) electrons. The molecule has 1 unspecified atom stereocenters. The second-order valence-corrected chi connectivity index (χ2v) is 8.21. The molecule has 3 aromatic rings. The van der Waals surface area contributed by atoms with Crippen molar-refractivity contribution in [3.8, 4) is 5.69 Å². The minimum absolute atomic E-state index is 0.153. The fraction of sp³-hybridized carbons (Fsp3) is 0.320. The van der Waals surface area contributed by atoms with E-state index >= 15 is 0 Å². The van der Waals surface area contributed by atoms with E-state index in [2.05, 4.69) is 44.7 Å². The number of rotatable bonds is 5. The van der Waals surface area contributed by atoms with E-state index in [-0.39, 0.29) is 11.9 Å². The van der Waals surface area contributed by atoms with Crippen molar-refractivity contribution in [2.45, 2.75) is 31.3 Å². The zero-order chi connectivity index (χ0) is 19.6. The Labute approximate surface area is 172 Å². The molecule has 1 aliphatic heterocycles. The smallest absolute Gasteiger partial charge is 0.254 e. The molecular formula is C25H27N3O. The van der Waals surface area contributed by atoms with Crippen LogP contribution in [0.5, 0.6) is 0 Å². The lowest BCUT2D eigenvalue weighted by molar-refractivity contribution is 0.0437. The average molecular weight is 386 g/mol. The summed E-state index contributed by atoms with van der Waals surface area (Å²) in [5, 5.41) is 0. The molecule has 2 aromatic carbocycles. The lowest BCUT2D eigenvalue weighted by atomic mass is 10.0. The molecular weight excluding hydrogens is 358 g/mol. The molecule has 0 N–H and O–H groups in total. The molecule has 0 bridgehead atoms. The number of carbonyl (C=O) groups is 1. The van der Waals surface area contributed by atoms with Gasteiger partial charge in [-0.15, -0.1) is 0 Å². The van der Waals surface area contributed by atoms with Gasteiger partial charge in [-0.1, -0.05) is 30.3 Å². The maximum Gasteiger partial charge on any atom is 0.254 e. The van der Waals surface area contributed by atoms with E-state index in [0.29, 0.717) is 0 Å². The summed E-state index contributed by atoms with van der Waals surface area (Å²) >= 11 is 0. The Morgan fingerprint density at radius 1 is 0.862 bits per heavy atom. The number of hydrogen-bond donors (Lipinski definition) is 0. The molecule has 2 fully saturated rings. The number of amides is 1. The Kier molecular flexibility index (Phi) is 4.94. The predicted octanol–water partition coefficient (Wildman–Crippen LogP) is 4.01. The molecule has 1 aromatic heterocycles. The Bertz CT molecular complexity index is 946. The highest BCUT2D eigenvalue weighted by Gasteiger charge is 2.37. The minimum atomic E-state index is 0.153. The molecule has 1 saturated heterocycles. The van der Waals surface area contributed by atoms with Gasteiger partial charge in [-0.3, -0.25) is 9.69 Å². The predicted molar refractivity (Wildman–Crippen MR) is 115 cm³/mol. The van der Waals surface area contributed by atoms with E-state index in [4.69, 9.17) is 0 Å². The first kappa shape index (κ1) is 18.2. The zero-order valence-corrected chi connectivity index (χ0v) is 16.7. The molecule has 4 heteroatoms. The maximum atomic E-state index is 13.4. The fourth-order valence-electron chi connectivity index (χ4n) is 4.43. The van der Waals surface area contributed by atoms with Crippen molar-refractivity contribution in [2.24, 2.45) is 0 Å². The van der Waals surface area contributed by atoms with Gasteiger partial charge in [-0.25, -0.2) is 0 Å². The molecule has 2 heterocycles. The first-order valence-corrected chi connectivity index (χ1v) is 10.6. The van der Waals surface area contributed by atoms with Crippen LogP contribution >= 0.6 is 0 Å². The number of nitrogens with zero attached hydrogens (tertiary/aromatic N) is 3. The van der Waals surface area contributed by atoms with Gasteiger partial charge in [0.2, 0.25) is 0 Å². The van der Waals surface area contributed by atoms with Crippen molar-refractivity contribution in [3.05, 3.63) is 90.3 Å². The van der Waals surface area contributed by atoms with Gasteiger partial charge in [0.25, 0.3) is 5.91 Å². The largest absolute Gasteiger partial charge is 0.333 e. The fourth-order valence-corrected chi connectivity index (χ4v) is 4.43. The van der Waals surface area contributed by atoms with Crippen LogP contribution in [0.25, 0.3) is 5.69 Å². The van der Waals surface area contributed by atoms with Gasteiger partial charge >= 0.3 is 0 Å². The standard InChI is InChI=1S/C25H27N3O/c29-25(21-8-10-22(11-9-21)26-14-4-5-15-26)28-17-16-27(23-12-13-23)19-24(28)18-20-6-2-1-3-7-20/h1-11,14-15,23-24H,12-13,16-19H2. The first-order valence-electron chi connectivity index (χ1n) is 10.6. The molecule has 148 valence electrons. The summed E-state index contributed by atoms with van der Waals surface area (Å²) in [7, 11) is 0. The van der Waals surface area contributed by atoms with Gasteiger partial charge in [0.05, 0.1) is 0 Å². The Morgan fingerprint density at radius 2 is 1.59 bits per heavy atom. The van der Waals surface area contributed by atoms with Crippen LogP contribution in [-0.2, 0) is 6.42 Å². The summed E-state index contributed by atoms with van der Waals surface area (Å²) in [5.74, 6) is 0.153. The van der Waals surface area contributed by atoms with Gasteiger partial charge in [0.1, 0.15) is 0 Å². The summed E-state index contributed by atoms with van der Waals surface area (Å²) in [6, 6.07) is 23.5. The molecule has 1 amide bonds. The first-order chi connectivity index (χ1) is 14.3. The normalized spacial score (nSPS) is 20.0. The lowest BCUT2D eigenvalue weighted by Gasteiger charge is -2.42. The second kappa shape index (κ2) is 7.88. The van der Waals surface area contributed by atoms with Crippen molar-refractivity contribution < 1.29 is 4.79 Å². The van der Waals surface area contributed by atoms with Gasteiger partial charge in [-0.05, 0) is 61.2 Å². The van der Waals surface area contributed by atoms with E-state index in [9.17, 15) is 4.79 Å². The highest BCUT2D eigenvalue weighted by molar-refractivity contribution is 5.94. The third-order valence-electron chi connectivity index (χ3n) is 6.17. The molecule has 0 spiro atoms. The highest BCUT2D eigenvalue weighted by atomic mass is 16.2. The van der Waals surface area contributed by atoms with Gasteiger partial charge in [0.15, 0.2) is 0 Å². The lowest BCUT2D eigenvalue weighted by Crippen LogP contribution is -2.56. The molecule has 1 saturated carbocycles. The van der Waals surface area contributed by atoms with Crippen molar-refractivity contribution in [1.29, 1.82) is 0 Å². The van der Waals surface area contributed by atoms with Crippen LogP contribution in [0.4, 0.5) is 0 Å². The summed E-state index contributed by atoms with van der Waals surface area (Å²) < 4.78 is 2.06. The van der Waals surface area contributed by atoms with Crippen LogP contribution in [0.2, 0.25) is 0 Å². The zero-order valence-electron chi connectivity index (χ0n) is 16.7. The van der Waals surface area contributed by atoms with E-state index in [1.54, 1.807) is 0 Å². The molecule has 1 aliphatic carbocycles. The van der Waals surface area contributed by atoms with Crippen molar-refractivity contribution in [2.75, 3.05) is 19.6 Å². The van der Waals surface area contributed by atoms with Crippen LogP contribution in [0, 0.1) is 0 Å². The van der Waals surface area contributed by atoms with Gasteiger partial charge in [0, 0.05) is 55.4 Å². The van der Waals surface area contributed by atoms with Crippen LogP contribution in [0.3, 0.4) is 0 Å². The number of hydrogen-bond acceptors (Lipinski definition) is 2. The quantitative estimate of drug-likeness (QED) is 0.664. The van der Waals surface area contributed by atoms with Crippen LogP contribution in [-0.4, -0.2) is 52.0 Å². The summed E-state index contributed by atoms with van der Waals surface area (Å²) in [6.45, 7) is 2.78. The van der Waals surface area contributed by atoms with Crippen LogP contribution < -0.4 is 0 Å². The SMILES string of the molecule is O=C(c1ccc(-n2cccc2)cc1)N1CCN(C2CC2)CC1Cc1ccccc1. The molecule has 29 heavy (non-hydrogen) atoms. The van der Waals surface area contributed by atoms with Crippen LogP contribution in [0.1, 0.15) is 28.8 Å². The molecule has 2 aliphatic rings. The van der Waals surface area contributed by atoms with Crippen LogP contribution in [0.15, 0.2) is 79.1 Å². The Hall–Kier alpha value is -2.85. The van der Waals surface area contributed by atoms with Crippen molar-refractivity contribution >= 4 is 5.91 Å². The third-order valence-corrected chi connectivity index (χ3v) is 6.17. The maximum absolute atomic E-state index is 13.4. The average Bonchev–Trinajstić information content (AvgIpc) is 3.48. The van der Waals surface area contributed by atoms with Crippen molar-refractivity contribution in [3.63, 3.8) is 0 Å². The number of piperazine rings is 1. The third kappa shape index (κ3) is 3.99. The number of benzene rings is 2. The van der Waals surface area contributed by atoms with Crippen molar-refractivity contribution in [1.82, 2.24) is 14.4 Å². The molecule has 4 nitrogen and oxygen atoms in total. The second-order valence-electron chi connectivity index (χ2n) is 8.21. The van der Waals surface area contributed by atoms with E-state index < -0.39 is 0 Å².